The maximum Gasteiger partial charge on any atom is 0.482 e. The SMILES string of the molecule is CC(C)(C)OC(=O)NCc1ccc(F)cc1.O[B]O. The summed E-state index contributed by atoms with van der Waals surface area (Å²) >= 11 is 0. The van der Waals surface area contributed by atoms with Crippen molar-refractivity contribution in [3.05, 3.63) is 35.6 Å². The number of benzene rings is 1. The number of ether oxygens (including phenoxy) is 1. The van der Waals surface area contributed by atoms with Crippen LogP contribution < -0.4 is 5.32 Å². The molecule has 0 atom stereocenters. The highest BCUT2D eigenvalue weighted by molar-refractivity contribution is 6.13. The van der Waals surface area contributed by atoms with Gasteiger partial charge in [0.2, 0.25) is 0 Å². The first kappa shape index (κ1) is 17.4. The van der Waals surface area contributed by atoms with E-state index in [1.54, 1.807) is 32.9 Å². The Hall–Kier alpha value is -1.60. The average molecular weight is 270 g/mol. The molecular weight excluding hydrogens is 252 g/mol. The molecule has 7 heteroatoms. The highest BCUT2D eigenvalue weighted by Gasteiger charge is 2.15. The maximum absolute atomic E-state index is 12.6. The first-order valence-corrected chi connectivity index (χ1v) is 5.60. The molecule has 5 nitrogen and oxygen atoms in total. The molecule has 1 amide bonds. The van der Waals surface area contributed by atoms with Crippen LogP contribution in [0.4, 0.5) is 9.18 Å². The van der Waals surface area contributed by atoms with Crippen LogP contribution >= 0.6 is 0 Å². The van der Waals surface area contributed by atoms with Gasteiger partial charge in [0.05, 0.1) is 0 Å². The molecule has 0 unspecified atom stereocenters. The molecule has 0 aliphatic rings. The lowest BCUT2D eigenvalue weighted by molar-refractivity contribution is 0.0523. The Labute approximate surface area is 112 Å². The molecule has 0 aliphatic heterocycles. The Morgan fingerprint density at radius 2 is 1.79 bits per heavy atom. The van der Waals surface area contributed by atoms with Crippen LogP contribution in [0.2, 0.25) is 0 Å². The van der Waals surface area contributed by atoms with E-state index >= 15 is 0 Å². The van der Waals surface area contributed by atoms with E-state index in [0.717, 1.165) is 5.56 Å². The monoisotopic (exact) mass is 270 g/mol. The van der Waals surface area contributed by atoms with Crippen molar-refractivity contribution in [1.29, 1.82) is 0 Å². The van der Waals surface area contributed by atoms with Gasteiger partial charge in [-0.2, -0.15) is 0 Å². The Bertz CT molecular complexity index is 378. The van der Waals surface area contributed by atoms with Crippen molar-refractivity contribution in [2.24, 2.45) is 0 Å². The van der Waals surface area contributed by atoms with E-state index in [1.165, 1.54) is 12.1 Å². The summed E-state index contributed by atoms with van der Waals surface area (Å²) in [6, 6.07) is 5.94. The predicted molar refractivity (Wildman–Crippen MR) is 69.7 cm³/mol. The minimum atomic E-state index is -0.507. The summed E-state index contributed by atoms with van der Waals surface area (Å²) in [5.74, 6) is -0.291. The highest BCUT2D eigenvalue weighted by Crippen LogP contribution is 2.07. The van der Waals surface area contributed by atoms with Gasteiger partial charge in [-0.15, -0.1) is 0 Å². The summed E-state index contributed by atoms with van der Waals surface area (Å²) in [6.07, 6.45) is -0.475. The molecule has 0 aromatic heterocycles. The molecule has 0 saturated heterocycles. The van der Waals surface area contributed by atoms with E-state index in [0.29, 0.717) is 6.54 Å². The van der Waals surface area contributed by atoms with Gasteiger partial charge < -0.3 is 20.1 Å². The molecule has 1 aromatic carbocycles. The summed E-state index contributed by atoms with van der Waals surface area (Å²) in [5.41, 5.74) is 0.319. The average Bonchev–Trinajstić information content (AvgIpc) is 2.27. The second kappa shape index (κ2) is 8.50. The largest absolute Gasteiger partial charge is 0.482 e. The minimum absolute atomic E-state index is 0. The number of alkyl carbamates (subject to hydrolysis) is 1. The summed E-state index contributed by atoms with van der Waals surface area (Å²) in [6.45, 7) is 5.72. The van der Waals surface area contributed by atoms with E-state index in [-0.39, 0.29) is 13.5 Å². The standard InChI is InChI=1S/C12H16FNO2.BH2O2/c1-12(2,3)16-11(15)14-8-9-4-6-10(13)7-5-9;2-1-3/h4-7H,8H2,1-3H3,(H,14,15);2-3H. The lowest BCUT2D eigenvalue weighted by Gasteiger charge is -2.19. The molecule has 0 fully saturated rings. The summed E-state index contributed by atoms with van der Waals surface area (Å²) in [4.78, 5) is 11.3. The van der Waals surface area contributed by atoms with Gasteiger partial charge in [0.15, 0.2) is 0 Å². The fraction of sp³-hybridized carbons (Fsp3) is 0.417. The smallest absolute Gasteiger partial charge is 0.444 e. The number of hydrogen-bond donors (Lipinski definition) is 3. The van der Waals surface area contributed by atoms with Crippen molar-refractivity contribution in [3.8, 4) is 0 Å². The zero-order valence-corrected chi connectivity index (χ0v) is 11.2. The predicted octanol–water partition coefficient (Wildman–Crippen LogP) is 1.36. The summed E-state index contributed by atoms with van der Waals surface area (Å²) in [5, 5.41) is 16.6. The topological polar surface area (TPSA) is 78.8 Å². The molecule has 19 heavy (non-hydrogen) atoms. The van der Waals surface area contributed by atoms with E-state index in [9.17, 15) is 9.18 Å². The van der Waals surface area contributed by atoms with Gasteiger partial charge >= 0.3 is 13.8 Å². The summed E-state index contributed by atoms with van der Waals surface area (Å²) in [7, 11) is 0. The van der Waals surface area contributed by atoms with E-state index in [4.69, 9.17) is 14.8 Å². The Morgan fingerprint density at radius 3 is 2.21 bits per heavy atom. The molecule has 1 aromatic rings. The zero-order chi connectivity index (χ0) is 14.9. The van der Waals surface area contributed by atoms with E-state index in [2.05, 4.69) is 5.32 Å². The van der Waals surface area contributed by atoms with Gasteiger partial charge in [0, 0.05) is 6.54 Å². The van der Waals surface area contributed by atoms with Crippen LogP contribution in [0.25, 0.3) is 0 Å². The van der Waals surface area contributed by atoms with Gasteiger partial charge in [-0.05, 0) is 38.5 Å². The van der Waals surface area contributed by atoms with Crippen LogP contribution in [0.1, 0.15) is 26.3 Å². The first-order chi connectivity index (χ1) is 8.78. The molecule has 3 N–H and O–H groups in total. The van der Waals surface area contributed by atoms with Crippen LogP contribution in [-0.2, 0) is 11.3 Å². The number of carbonyl (C=O) groups excluding carboxylic acids is 1. The molecule has 1 rings (SSSR count). The first-order valence-electron chi connectivity index (χ1n) is 5.60. The van der Waals surface area contributed by atoms with Crippen LogP contribution in [-0.4, -0.2) is 29.4 Å². The number of hydrogen-bond acceptors (Lipinski definition) is 4. The highest BCUT2D eigenvalue weighted by atomic mass is 19.1. The molecule has 0 saturated carbocycles. The maximum atomic E-state index is 12.6. The summed E-state index contributed by atoms with van der Waals surface area (Å²) < 4.78 is 17.7. The van der Waals surface area contributed by atoms with Crippen LogP contribution in [0.5, 0.6) is 0 Å². The van der Waals surface area contributed by atoms with Crippen molar-refractivity contribution < 1.29 is 24.0 Å². The molecular formula is C12H18BFNO4. The minimum Gasteiger partial charge on any atom is -0.444 e. The number of nitrogens with one attached hydrogen (secondary N) is 1. The molecule has 105 valence electrons. The van der Waals surface area contributed by atoms with Crippen molar-refractivity contribution in [3.63, 3.8) is 0 Å². The van der Waals surface area contributed by atoms with Crippen molar-refractivity contribution in [1.82, 2.24) is 5.32 Å². The van der Waals surface area contributed by atoms with Gasteiger partial charge in [-0.25, -0.2) is 9.18 Å². The van der Waals surface area contributed by atoms with E-state index in [1.807, 2.05) is 0 Å². The normalized spacial score (nSPS) is 10.0. The fourth-order valence-electron chi connectivity index (χ4n) is 1.09. The fourth-order valence-corrected chi connectivity index (χ4v) is 1.09. The van der Waals surface area contributed by atoms with Gasteiger partial charge in [0.25, 0.3) is 0 Å². The van der Waals surface area contributed by atoms with Crippen LogP contribution in [0.3, 0.4) is 0 Å². The molecule has 0 aliphatic carbocycles. The Balaban J connectivity index is 0.000000982. The number of carbonyl (C=O) groups is 1. The Morgan fingerprint density at radius 1 is 1.32 bits per heavy atom. The van der Waals surface area contributed by atoms with Crippen LogP contribution in [0, 0.1) is 5.82 Å². The third kappa shape index (κ3) is 10.0. The number of amides is 1. The lowest BCUT2D eigenvalue weighted by atomic mass is 10.2. The zero-order valence-electron chi connectivity index (χ0n) is 11.2. The Kier molecular flexibility index (Phi) is 7.78. The lowest BCUT2D eigenvalue weighted by Crippen LogP contribution is -2.32. The van der Waals surface area contributed by atoms with Crippen molar-refractivity contribution >= 4 is 13.8 Å². The quantitative estimate of drug-likeness (QED) is 0.709. The second-order valence-corrected chi connectivity index (χ2v) is 4.60. The van der Waals surface area contributed by atoms with E-state index < -0.39 is 11.7 Å². The number of rotatable bonds is 2. The molecule has 0 heterocycles. The third-order valence-electron chi connectivity index (χ3n) is 1.75. The molecule has 0 spiro atoms. The van der Waals surface area contributed by atoms with Gasteiger partial charge in [-0.1, -0.05) is 12.1 Å². The molecule has 1 radical (unpaired) electrons. The third-order valence-corrected chi connectivity index (χ3v) is 1.75. The van der Waals surface area contributed by atoms with Crippen molar-refractivity contribution in [2.75, 3.05) is 0 Å². The van der Waals surface area contributed by atoms with Crippen molar-refractivity contribution in [2.45, 2.75) is 32.9 Å². The molecule has 0 bridgehead atoms. The van der Waals surface area contributed by atoms with Crippen LogP contribution in [0.15, 0.2) is 24.3 Å². The van der Waals surface area contributed by atoms with Gasteiger partial charge in [-0.3, -0.25) is 0 Å². The number of halogens is 1. The second-order valence-electron chi connectivity index (χ2n) is 4.60. The van der Waals surface area contributed by atoms with Gasteiger partial charge in [0.1, 0.15) is 11.4 Å².